The van der Waals surface area contributed by atoms with Crippen LogP contribution in [0.4, 0.5) is 8.78 Å². The molecule has 3 rings (SSSR count). The van der Waals surface area contributed by atoms with E-state index >= 15 is 0 Å². The molecule has 2 aromatic rings. The molecular formula is C18H16F2O2. The molecule has 1 unspecified atom stereocenters. The van der Waals surface area contributed by atoms with Crippen molar-refractivity contribution < 1.29 is 26.8 Å². The van der Waals surface area contributed by atoms with E-state index in [9.17, 15) is 13.9 Å². The monoisotopic (exact) mass is 308 g/mol. The van der Waals surface area contributed by atoms with Crippen LogP contribution in [0.5, 0.6) is 11.5 Å². The van der Waals surface area contributed by atoms with Gasteiger partial charge >= 0.3 is 0 Å². The zero-order valence-electron chi connectivity index (χ0n) is 17.4. The van der Waals surface area contributed by atoms with Crippen LogP contribution in [0.1, 0.15) is 33.1 Å². The number of rotatable bonds is 2. The largest absolute Gasteiger partial charge is 0.456 e. The Morgan fingerprint density at radius 1 is 1.27 bits per heavy atom. The molecule has 114 valence electrons. The molecule has 0 aromatic heterocycles. The summed E-state index contributed by atoms with van der Waals surface area (Å²) >= 11 is 0. The van der Waals surface area contributed by atoms with Crippen molar-refractivity contribution in [3.05, 3.63) is 71.8 Å². The number of ether oxygens (including phenoxy) is 1. The van der Waals surface area contributed by atoms with Crippen LogP contribution in [0.15, 0.2) is 49.1 Å². The molecule has 0 bridgehead atoms. The van der Waals surface area contributed by atoms with Gasteiger partial charge in [-0.2, -0.15) is 0 Å². The second kappa shape index (κ2) is 4.65. The maximum atomic E-state index is 14.9. The summed E-state index contributed by atoms with van der Waals surface area (Å²) in [5, 5.41) is 11.8. The van der Waals surface area contributed by atoms with Crippen molar-refractivity contribution in [1.29, 1.82) is 0 Å². The SMILES string of the molecule is [2H]C([2H])([2H])C(C=C)(C([2H])([2H])[2H])C1(O)c2ccccc2Oc2cc(F)cc(F)c21. The zero-order chi connectivity index (χ0) is 21.1. The Bertz CT molecular complexity index is 940. The van der Waals surface area contributed by atoms with Gasteiger partial charge in [0.2, 0.25) is 0 Å². The molecule has 22 heavy (non-hydrogen) atoms. The standard InChI is InChI=1S/C18H16F2O2/c1-4-17(2,3)18(21)12-7-5-6-8-14(12)22-15-10-11(19)9-13(20)16(15)18/h4-10,21H,1H2,2-3H3/i2D3,3D3. The summed E-state index contributed by atoms with van der Waals surface area (Å²) in [5.41, 5.74) is -7.03. The highest BCUT2D eigenvalue weighted by molar-refractivity contribution is 5.58. The van der Waals surface area contributed by atoms with Crippen molar-refractivity contribution in [3.63, 3.8) is 0 Å². The van der Waals surface area contributed by atoms with Crippen LogP contribution >= 0.6 is 0 Å². The van der Waals surface area contributed by atoms with Crippen molar-refractivity contribution in [2.24, 2.45) is 5.41 Å². The first-order valence-electron chi connectivity index (χ1n) is 9.44. The zero-order valence-corrected chi connectivity index (χ0v) is 11.4. The first kappa shape index (κ1) is 9.06. The molecule has 0 fully saturated rings. The third-order valence-corrected chi connectivity index (χ3v) is 3.75. The predicted molar refractivity (Wildman–Crippen MR) is 79.9 cm³/mol. The van der Waals surface area contributed by atoms with Crippen LogP contribution in [0, 0.1) is 17.0 Å². The molecule has 2 nitrogen and oxygen atoms in total. The van der Waals surface area contributed by atoms with E-state index in [2.05, 4.69) is 6.58 Å². The minimum atomic E-state index is -3.35. The molecule has 1 atom stereocenters. The van der Waals surface area contributed by atoms with Crippen LogP contribution in [0.25, 0.3) is 0 Å². The predicted octanol–water partition coefficient (Wildman–Crippen LogP) is 4.52. The van der Waals surface area contributed by atoms with Gasteiger partial charge in [0, 0.05) is 31.3 Å². The third kappa shape index (κ3) is 1.80. The fraction of sp³-hybridized carbons (Fsp3) is 0.222. The number of hydrogen-bond donors (Lipinski definition) is 1. The second-order valence-electron chi connectivity index (χ2n) is 5.08. The van der Waals surface area contributed by atoms with Crippen molar-refractivity contribution >= 4 is 0 Å². The molecule has 2 aromatic carbocycles. The van der Waals surface area contributed by atoms with Crippen molar-refractivity contribution in [3.8, 4) is 11.5 Å². The Kier molecular flexibility index (Phi) is 1.91. The summed E-state index contributed by atoms with van der Waals surface area (Å²) < 4.78 is 81.9. The Hall–Kier alpha value is -2.20. The Balaban J connectivity index is 2.57. The molecule has 1 N–H and O–H groups in total. The van der Waals surface area contributed by atoms with Crippen molar-refractivity contribution in [1.82, 2.24) is 0 Å². The molecule has 0 saturated carbocycles. The van der Waals surface area contributed by atoms with Gasteiger partial charge in [0.05, 0.1) is 5.56 Å². The van der Waals surface area contributed by atoms with E-state index in [1.54, 1.807) is 0 Å². The summed E-state index contributed by atoms with van der Waals surface area (Å²) in [6.45, 7) is -3.34. The fourth-order valence-corrected chi connectivity index (χ4v) is 2.65. The van der Waals surface area contributed by atoms with E-state index in [0.717, 1.165) is 6.07 Å². The molecule has 1 heterocycles. The Morgan fingerprint density at radius 3 is 2.68 bits per heavy atom. The maximum Gasteiger partial charge on any atom is 0.139 e. The molecule has 4 heteroatoms. The summed E-state index contributed by atoms with van der Waals surface area (Å²) in [6, 6.07) is 6.64. The molecule has 0 radical (unpaired) electrons. The van der Waals surface area contributed by atoms with Gasteiger partial charge < -0.3 is 9.84 Å². The van der Waals surface area contributed by atoms with Gasteiger partial charge in [0.25, 0.3) is 0 Å². The Morgan fingerprint density at radius 2 is 2.00 bits per heavy atom. The minimum absolute atomic E-state index is 0.123. The van der Waals surface area contributed by atoms with Crippen molar-refractivity contribution in [2.75, 3.05) is 0 Å². The van der Waals surface area contributed by atoms with E-state index in [0.29, 0.717) is 12.1 Å². The fourth-order valence-electron chi connectivity index (χ4n) is 2.65. The van der Waals surface area contributed by atoms with E-state index in [4.69, 9.17) is 13.0 Å². The van der Waals surface area contributed by atoms with Crippen molar-refractivity contribution in [2.45, 2.75) is 19.3 Å². The highest BCUT2D eigenvalue weighted by Gasteiger charge is 2.52. The van der Waals surface area contributed by atoms with E-state index in [-0.39, 0.29) is 11.3 Å². The highest BCUT2D eigenvalue weighted by Crippen LogP contribution is 2.55. The molecule has 0 spiro atoms. The lowest BCUT2D eigenvalue weighted by molar-refractivity contribution is -0.0200. The average Bonchev–Trinajstić information content (AvgIpc) is 2.52. The van der Waals surface area contributed by atoms with Gasteiger partial charge in [-0.05, 0) is 6.07 Å². The Labute approximate surface area is 136 Å². The van der Waals surface area contributed by atoms with Gasteiger partial charge in [-0.3, -0.25) is 0 Å². The van der Waals surface area contributed by atoms with E-state index < -0.39 is 47.7 Å². The molecule has 1 aliphatic heterocycles. The molecule has 0 aliphatic carbocycles. The maximum absolute atomic E-state index is 14.9. The van der Waals surface area contributed by atoms with Crippen LogP contribution in [0.3, 0.4) is 0 Å². The van der Waals surface area contributed by atoms with Gasteiger partial charge in [-0.1, -0.05) is 38.0 Å². The highest BCUT2D eigenvalue weighted by atomic mass is 19.1. The number of aliphatic hydroxyl groups is 1. The van der Waals surface area contributed by atoms with Gasteiger partial charge in [0.1, 0.15) is 28.7 Å². The average molecular weight is 308 g/mol. The number of benzene rings is 2. The normalized spacial score (nSPS) is 25.0. The second-order valence-corrected chi connectivity index (χ2v) is 5.08. The summed E-state index contributed by atoms with van der Waals surface area (Å²) in [7, 11) is 0. The van der Waals surface area contributed by atoms with E-state index in [1.165, 1.54) is 24.3 Å². The summed E-state index contributed by atoms with van der Waals surface area (Å²) in [6.07, 6.45) is 0.599. The first-order chi connectivity index (χ1) is 12.8. The number of hydrogen-bond acceptors (Lipinski definition) is 2. The number of para-hydroxylation sites is 1. The number of fused-ring (bicyclic) bond motifs is 2. The molecular weight excluding hydrogens is 286 g/mol. The minimum Gasteiger partial charge on any atom is -0.456 e. The van der Waals surface area contributed by atoms with Crippen LogP contribution in [0.2, 0.25) is 0 Å². The van der Waals surface area contributed by atoms with E-state index in [1.807, 2.05) is 0 Å². The smallest absolute Gasteiger partial charge is 0.139 e. The third-order valence-electron chi connectivity index (χ3n) is 3.75. The topological polar surface area (TPSA) is 29.5 Å². The summed E-state index contributed by atoms with van der Waals surface area (Å²) in [4.78, 5) is 0. The van der Waals surface area contributed by atoms with Crippen LogP contribution < -0.4 is 4.74 Å². The van der Waals surface area contributed by atoms with Crippen LogP contribution in [-0.2, 0) is 5.60 Å². The molecule has 1 aliphatic rings. The lowest BCUT2D eigenvalue weighted by Crippen LogP contribution is -2.44. The lowest BCUT2D eigenvalue weighted by atomic mass is 9.66. The van der Waals surface area contributed by atoms with Gasteiger partial charge in [0.15, 0.2) is 0 Å². The number of halogens is 2. The van der Waals surface area contributed by atoms with Gasteiger partial charge in [-0.15, -0.1) is 6.58 Å². The quantitative estimate of drug-likeness (QED) is 0.827. The summed E-state index contributed by atoms with van der Waals surface area (Å²) in [5.74, 6) is -3.02. The lowest BCUT2D eigenvalue weighted by Gasteiger charge is -2.45. The molecule has 0 saturated heterocycles. The molecule has 0 amide bonds. The first-order valence-corrected chi connectivity index (χ1v) is 6.44. The van der Waals surface area contributed by atoms with Gasteiger partial charge in [-0.25, -0.2) is 8.78 Å². The van der Waals surface area contributed by atoms with Crippen LogP contribution in [-0.4, -0.2) is 5.11 Å².